The first kappa shape index (κ1) is 9.70. The van der Waals surface area contributed by atoms with E-state index in [1.165, 1.54) is 0 Å². The molecule has 16 heavy (non-hydrogen) atoms. The molecule has 1 aromatic heterocycles. The molecule has 0 saturated heterocycles. The molecular formula is C13H14O3. The Balaban J connectivity index is 1.93. The van der Waals surface area contributed by atoms with Crippen LogP contribution in [0.1, 0.15) is 18.6 Å². The van der Waals surface area contributed by atoms with Crippen molar-refractivity contribution in [3.8, 4) is 0 Å². The van der Waals surface area contributed by atoms with Crippen molar-refractivity contribution >= 4 is 5.97 Å². The van der Waals surface area contributed by atoms with E-state index in [4.69, 9.17) is 4.42 Å². The summed E-state index contributed by atoms with van der Waals surface area (Å²) < 4.78 is 5.29. The average Bonchev–Trinajstić information content (AvgIpc) is 2.92. The molecule has 1 fully saturated rings. The Labute approximate surface area is 93.8 Å². The van der Waals surface area contributed by atoms with E-state index in [0.29, 0.717) is 12.3 Å². The lowest BCUT2D eigenvalue weighted by molar-refractivity contribution is -0.150. The van der Waals surface area contributed by atoms with Gasteiger partial charge in [-0.1, -0.05) is 12.2 Å². The van der Waals surface area contributed by atoms with E-state index in [-0.39, 0.29) is 5.92 Å². The van der Waals surface area contributed by atoms with Gasteiger partial charge in [-0.25, -0.2) is 0 Å². The van der Waals surface area contributed by atoms with Crippen LogP contribution < -0.4 is 0 Å². The van der Waals surface area contributed by atoms with E-state index in [0.717, 1.165) is 18.6 Å². The van der Waals surface area contributed by atoms with E-state index >= 15 is 0 Å². The zero-order chi connectivity index (χ0) is 11.2. The van der Waals surface area contributed by atoms with Crippen LogP contribution in [0.3, 0.4) is 0 Å². The molecule has 0 aliphatic heterocycles. The maximum absolute atomic E-state index is 11.6. The molecule has 2 aliphatic carbocycles. The first-order valence-corrected chi connectivity index (χ1v) is 5.65. The van der Waals surface area contributed by atoms with Crippen LogP contribution in [0.2, 0.25) is 0 Å². The maximum atomic E-state index is 11.6. The summed E-state index contributed by atoms with van der Waals surface area (Å²) in [6.07, 6.45) is 8.10. The first-order valence-electron chi connectivity index (χ1n) is 5.65. The fourth-order valence-corrected chi connectivity index (χ4v) is 3.20. The minimum Gasteiger partial charge on any atom is -0.481 e. The second kappa shape index (κ2) is 3.24. The number of furan rings is 1. The van der Waals surface area contributed by atoms with Crippen LogP contribution in [0.15, 0.2) is 35.0 Å². The molecule has 3 heteroatoms. The van der Waals surface area contributed by atoms with Crippen molar-refractivity contribution in [2.75, 3.05) is 0 Å². The summed E-state index contributed by atoms with van der Waals surface area (Å²) in [5.41, 5.74) is -0.628. The third-order valence-electron chi connectivity index (χ3n) is 4.00. The normalized spacial score (nSPS) is 35.8. The molecule has 3 nitrogen and oxygen atoms in total. The quantitative estimate of drug-likeness (QED) is 0.793. The van der Waals surface area contributed by atoms with Crippen LogP contribution >= 0.6 is 0 Å². The molecule has 3 atom stereocenters. The summed E-state index contributed by atoms with van der Waals surface area (Å²) in [6, 6.07) is 3.67. The Morgan fingerprint density at radius 2 is 2.44 bits per heavy atom. The van der Waals surface area contributed by atoms with Gasteiger partial charge in [-0.05, 0) is 36.8 Å². The standard InChI is InChI=1S/C13H14O3/c14-12(15)13(8-11-2-1-5-16-11)7-9-3-4-10(13)6-9/h1-5,9-10H,6-8H2,(H,14,15)/t9-,10+,13+/m1/s1. The largest absolute Gasteiger partial charge is 0.481 e. The molecule has 1 N–H and O–H groups in total. The third-order valence-corrected chi connectivity index (χ3v) is 4.00. The number of fused-ring (bicyclic) bond motifs is 2. The third kappa shape index (κ3) is 1.24. The summed E-state index contributed by atoms with van der Waals surface area (Å²) in [4.78, 5) is 11.6. The van der Waals surface area contributed by atoms with Crippen LogP contribution in [0.25, 0.3) is 0 Å². The van der Waals surface area contributed by atoms with Gasteiger partial charge in [0, 0.05) is 6.42 Å². The van der Waals surface area contributed by atoms with Gasteiger partial charge >= 0.3 is 5.97 Å². The molecule has 1 aromatic rings. The minimum absolute atomic E-state index is 0.181. The van der Waals surface area contributed by atoms with Gasteiger partial charge < -0.3 is 9.52 Å². The number of hydrogen-bond acceptors (Lipinski definition) is 2. The van der Waals surface area contributed by atoms with E-state index in [1.54, 1.807) is 6.26 Å². The number of aliphatic carboxylic acids is 1. The van der Waals surface area contributed by atoms with E-state index in [9.17, 15) is 9.90 Å². The van der Waals surface area contributed by atoms with Crippen molar-refractivity contribution in [1.82, 2.24) is 0 Å². The second-order valence-electron chi connectivity index (χ2n) is 4.91. The smallest absolute Gasteiger partial charge is 0.310 e. The maximum Gasteiger partial charge on any atom is 0.310 e. The van der Waals surface area contributed by atoms with Crippen molar-refractivity contribution in [2.45, 2.75) is 19.3 Å². The van der Waals surface area contributed by atoms with Crippen LogP contribution in [0.5, 0.6) is 0 Å². The van der Waals surface area contributed by atoms with Crippen molar-refractivity contribution in [1.29, 1.82) is 0 Å². The Bertz CT molecular complexity index is 432. The van der Waals surface area contributed by atoms with E-state index in [2.05, 4.69) is 12.2 Å². The highest BCUT2D eigenvalue weighted by molar-refractivity contribution is 5.77. The summed E-state index contributed by atoms with van der Waals surface area (Å²) in [6.45, 7) is 0. The fraction of sp³-hybridized carbons (Fsp3) is 0.462. The van der Waals surface area contributed by atoms with Crippen molar-refractivity contribution < 1.29 is 14.3 Å². The Morgan fingerprint density at radius 1 is 1.56 bits per heavy atom. The number of rotatable bonds is 3. The molecule has 0 aromatic carbocycles. The zero-order valence-corrected chi connectivity index (χ0v) is 8.93. The number of allylic oxidation sites excluding steroid dienone is 2. The number of carboxylic acids is 1. The van der Waals surface area contributed by atoms with Crippen LogP contribution in [-0.2, 0) is 11.2 Å². The number of carboxylic acid groups (broad SMARTS) is 1. The highest BCUT2D eigenvalue weighted by Crippen LogP contribution is 2.53. The highest BCUT2D eigenvalue weighted by Gasteiger charge is 2.53. The molecule has 0 amide bonds. The SMILES string of the molecule is O=C(O)[C@]1(Cc2ccco2)C[C@@H]2C=C[C@H]1C2. The summed E-state index contributed by atoms with van der Waals surface area (Å²) >= 11 is 0. The predicted molar refractivity (Wildman–Crippen MR) is 57.8 cm³/mol. The second-order valence-corrected chi connectivity index (χ2v) is 4.91. The molecular weight excluding hydrogens is 204 g/mol. The van der Waals surface area contributed by atoms with E-state index < -0.39 is 11.4 Å². The topological polar surface area (TPSA) is 50.4 Å². The molecule has 2 bridgehead atoms. The van der Waals surface area contributed by atoms with Gasteiger partial charge in [0.15, 0.2) is 0 Å². The highest BCUT2D eigenvalue weighted by atomic mass is 16.4. The molecule has 0 radical (unpaired) electrons. The van der Waals surface area contributed by atoms with Crippen molar-refractivity contribution in [3.63, 3.8) is 0 Å². The molecule has 3 rings (SSSR count). The zero-order valence-electron chi connectivity index (χ0n) is 8.93. The fourth-order valence-electron chi connectivity index (χ4n) is 3.20. The van der Waals surface area contributed by atoms with Crippen LogP contribution in [0, 0.1) is 17.3 Å². The molecule has 84 valence electrons. The Kier molecular flexibility index (Phi) is 1.96. The Hall–Kier alpha value is -1.51. The molecule has 0 spiro atoms. The monoisotopic (exact) mass is 218 g/mol. The molecule has 1 saturated carbocycles. The van der Waals surface area contributed by atoms with Gasteiger partial charge in [-0.2, -0.15) is 0 Å². The predicted octanol–water partition coefficient (Wildman–Crippen LogP) is 2.49. The van der Waals surface area contributed by atoms with Gasteiger partial charge in [0.2, 0.25) is 0 Å². The van der Waals surface area contributed by atoms with Gasteiger partial charge in [-0.3, -0.25) is 4.79 Å². The van der Waals surface area contributed by atoms with Gasteiger partial charge in [0.25, 0.3) is 0 Å². The lowest BCUT2D eigenvalue weighted by Crippen LogP contribution is -2.37. The van der Waals surface area contributed by atoms with Crippen molar-refractivity contribution in [3.05, 3.63) is 36.3 Å². The average molecular weight is 218 g/mol. The first-order chi connectivity index (χ1) is 7.71. The van der Waals surface area contributed by atoms with Gasteiger partial charge in [-0.15, -0.1) is 0 Å². The van der Waals surface area contributed by atoms with Crippen LogP contribution in [0.4, 0.5) is 0 Å². The molecule has 1 heterocycles. The van der Waals surface area contributed by atoms with Crippen LogP contribution in [-0.4, -0.2) is 11.1 Å². The lowest BCUT2D eigenvalue weighted by Gasteiger charge is -2.30. The minimum atomic E-state index is -0.680. The van der Waals surface area contributed by atoms with Crippen molar-refractivity contribution in [2.24, 2.45) is 17.3 Å². The van der Waals surface area contributed by atoms with Gasteiger partial charge in [0.1, 0.15) is 5.76 Å². The number of carbonyl (C=O) groups is 1. The Morgan fingerprint density at radius 3 is 2.94 bits per heavy atom. The van der Waals surface area contributed by atoms with Gasteiger partial charge in [0.05, 0.1) is 11.7 Å². The summed E-state index contributed by atoms with van der Waals surface area (Å²) in [5.74, 6) is 0.736. The summed E-state index contributed by atoms with van der Waals surface area (Å²) in [7, 11) is 0. The molecule has 2 aliphatic rings. The summed E-state index contributed by atoms with van der Waals surface area (Å²) in [5, 5.41) is 9.51. The lowest BCUT2D eigenvalue weighted by atomic mass is 9.72. The molecule has 0 unspecified atom stereocenters. The number of hydrogen-bond donors (Lipinski definition) is 1. The van der Waals surface area contributed by atoms with E-state index in [1.807, 2.05) is 12.1 Å².